The summed E-state index contributed by atoms with van der Waals surface area (Å²) in [7, 11) is 0. The quantitative estimate of drug-likeness (QED) is 0.530. The minimum atomic E-state index is -0.302. The van der Waals surface area contributed by atoms with E-state index in [2.05, 4.69) is 20.4 Å². The number of rotatable bonds is 4. The van der Waals surface area contributed by atoms with Gasteiger partial charge in [0.1, 0.15) is 21.4 Å². The van der Waals surface area contributed by atoms with E-state index in [0.717, 1.165) is 33.9 Å². The molecule has 1 amide bonds. The number of hydrogen-bond donors (Lipinski definition) is 1. The molecule has 0 saturated heterocycles. The summed E-state index contributed by atoms with van der Waals surface area (Å²) in [5.41, 5.74) is 1.39. The Hall–Kier alpha value is -1.93. The van der Waals surface area contributed by atoms with Crippen LogP contribution in [0.5, 0.6) is 0 Å². The second-order valence-corrected chi connectivity index (χ2v) is 8.95. The van der Waals surface area contributed by atoms with E-state index >= 15 is 0 Å². The molecule has 26 heavy (non-hydrogen) atoms. The van der Waals surface area contributed by atoms with Crippen LogP contribution >= 0.6 is 23.1 Å². The van der Waals surface area contributed by atoms with Crippen molar-refractivity contribution in [3.05, 3.63) is 28.1 Å². The normalized spacial score (nSPS) is 15.0. The molecule has 3 heterocycles. The first kappa shape index (κ1) is 17.5. The average Bonchev–Trinajstić information content (AvgIpc) is 3.17. The van der Waals surface area contributed by atoms with Gasteiger partial charge in [0.25, 0.3) is 0 Å². The Bertz CT molecular complexity index is 979. The van der Waals surface area contributed by atoms with Gasteiger partial charge in [-0.3, -0.25) is 4.79 Å². The van der Waals surface area contributed by atoms with E-state index in [4.69, 9.17) is 4.52 Å². The van der Waals surface area contributed by atoms with E-state index in [-0.39, 0.29) is 11.2 Å². The molecule has 1 aliphatic rings. The van der Waals surface area contributed by atoms with Gasteiger partial charge in [-0.05, 0) is 52.0 Å². The molecule has 6 nitrogen and oxygen atoms in total. The minimum Gasteiger partial charge on any atom is -0.360 e. The van der Waals surface area contributed by atoms with Gasteiger partial charge in [-0.25, -0.2) is 9.97 Å². The van der Waals surface area contributed by atoms with Gasteiger partial charge in [-0.1, -0.05) is 16.9 Å². The van der Waals surface area contributed by atoms with Gasteiger partial charge in [-0.15, -0.1) is 11.3 Å². The number of aromatic nitrogens is 3. The summed E-state index contributed by atoms with van der Waals surface area (Å²) in [4.78, 5) is 24.3. The molecule has 3 aromatic rings. The molecule has 0 aliphatic heterocycles. The number of carbonyl (C=O) groups is 1. The lowest BCUT2D eigenvalue weighted by atomic mass is 9.97. The minimum absolute atomic E-state index is 0.114. The van der Waals surface area contributed by atoms with Crippen LogP contribution < -0.4 is 5.32 Å². The SMILES string of the molecule is Cc1nc(S[C@@H](C)C(=O)Nc2cc(C)on2)c2c3c(sc2n1)CCCC3. The molecule has 3 aromatic heterocycles. The van der Waals surface area contributed by atoms with E-state index < -0.39 is 0 Å². The monoisotopic (exact) mass is 388 g/mol. The summed E-state index contributed by atoms with van der Waals surface area (Å²) >= 11 is 3.27. The third-order valence-corrected chi connectivity index (χ3v) is 6.70. The number of thiophene rings is 1. The van der Waals surface area contributed by atoms with E-state index in [1.54, 1.807) is 24.3 Å². The molecule has 0 aromatic carbocycles. The number of nitrogens with one attached hydrogen (secondary N) is 1. The van der Waals surface area contributed by atoms with Crippen molar-refractivity contribution in [3.8, 4) is 0 Å². The standard InChI is InChI=1S/C18H20N4O2S2/c1-9-8-14(22-24-9)21-16(23)10(2)25-17-15-12-6-4-5-7-13(12)26-18(15)20-11(3)19-17/h8,10H,4-7H2,1-3H3,(H,21,22,23)/t10-/m0/s1. The Labute approximate surface area is 159 Å². The average molecular weight is 389 g/mol. The molecule has 1 N–H and O–H groups in total. The number of carbonyl (C=O) groups excluding carboxylic acids is 1. The van der Waals surface area contributed by atoms with Crippen LogP contribution in [0.3, 0.4) is 0 Å². The Morgan fingerprint density at radius 3 is 2.88 bits per heavy atom. The topological polar surface area (TPSA) is 80.9 Å². The fourth-order valence-corrected chi connectivity index (χ4v) is 5.58. The zero-order valence-corrected chi connectivity index (χ0v) is 16.6. The summed E-state index contributed by atoms with van der Waals surface area (Å²) in [5.74, 6) is 1.74. The second-order valence-electron chi connectivity index (χ2n) is 6.54. The zero-order valence-electron chi connectivity index (χ0n) is 15.0. The van der Waals surface area contributed by atoms with Gasteiger partial charge >= 0.3 is 0 Å². The van der Waals surface area contributed by atoms with Crippen LogP contribution in [0.25, 0.3) is 10.2 Å². The number of nitrogens with zero attached hydrogens (tertiary/aromatic N) is 3. The molecule has 1 atom stereocenters. The molecule has 0 unspecified atom stereocenters. The van der Waals surface area contributed by atoms with Crippen LogP contribution in [-0.2, 0) is 17.6 Å². The van der Waals surface area contributed by atoms with Gasteiger partial charge in [0.15, 0.2) is 5.82 Å². The predicted octanol–water partition coefficient (Wildman–Crippen LogP) is 4.29. The number of fused-ring (bicyclic) bond motifs is 3. The van der Waals surface area contributed by atoms with Crippen LogP contribution in [0, 0.1) is 13.8 Å². The lowest BCUT2D eigenvalue weighted by molar-refractivity contribution is -0.115. The molecule has 4 rings (SSSR count). The first-order valence-electron chi connectivity index (χ1n) is 8.71. The van der Waals surface area contributed by atoms with E-state index in [0.29, 0.717) is 11.6 Å². The third kappa shape index (κ3) is 3.35. The molecule has 0 radical (unpaired) electrons. The number of hydrogen-bond acceptors (Lipinski definition) is 7. The summed E-state index contributed by atoms with van der Waals surface area (Å²) < 4.78 is 5.00. The van der Waals surface area contributed by atoms with Crippen molar-refractivity contribution in [1.29, 1.82) is 0 Å². The van der Waals surface area contributed by atoms with Crippen molar-refractivity contribution in [2.75, 3.05) is 5.32 Å². The Balaban J connectivity index is 1.61. The van der Waals surface area contributed by atoms with Crippen LogP contribution in [0.1, 0.15) is 41.8 Å². The first-order valence-corrected chi connectivity index (χ1v) is 10.4. The third-order valence-electron chi connectivity index (χ3n) is 4.43. The molecule has 0 saturated carbocycles. The molecular formula is C18H20N4O2S2. The van der Waals surface area contributed by atoms with Crippen molar-refractivity contribution < 1.29 is 9.32 Å². The van der Waals surface area contributed by atoms with Crippen molar-refractivity contribution in [2.45, 2.75) is 56.7 Å². The molecule has 8 heteroatoms. The molecular weight excluding hydrogens is 368 g/mol. The van der Waals surface area contributed by atoms with Gasteiger partial charge < -0.3 is 9.84 Å². The Morgan fingerprint density at radius 1 is 1.31 bits per heavy atom. The number of thioether (sulfide) groups is 1. The van der Waals surface area contributed by atoms with Crippen molar-refractivity contribution in [1.82, 2.24) is 15.1 Å². The Morgan fingerprint density at radius 2 is 2.12 bits per heavy atom. The smallest absolute Gasteiger partial charge is 0.238 e. The maximum Gasteiger partial charge on any atom is 0.238 e. The van der Waals surface area contributed by atoms with Crippen LogP contribution in [0.15, 0.2) is 15.6 Å². The van der Waals surface area contributed by atoms with Gasteiger partial charge in [0.2, 0.25) is 5.91 Å². The first-order chi connectivity index (χ1) is 12.5. The van der Waals surface area contributed by atoms with Crippen LogP contribution in [0.2, 0.25) is 0 Å². The maximum atomic E-state index is 12.5. The van der Waals surface area contributed by atoms with E-state index in [1.807, 2.05) is 13.8 Å². The van der Waals surface area contributed by atoms with Gasteiger partial charge in [-0.2, -0.15) is 0 Å². The van der Waals surface area contributed by atoms with E-state index in [1.165, 1.54) is 35.0 Å². The second kappa shape index (κ2) is 7.00. The summed E-state index contributed by atoms with van der Waals surface area (Å²) in [5, 5.41) is 8.37. The summed E-state index contributed by atoms with van der Waals surface area (Å²) in [6, 6.07) is 1.71. The largest absolute Gasteiger partial charge is 0.360 e. The van der Waals surface area contributed by atoms with Crippen LogP contribution in [0.4, 0.5) is 5.82 Å². The predicted molar refractivity (Wildman–Crippen MR) is 104 cm³/mol. The summed E-state index contributed by atoms with van der Waals surface area (Å²) in [6.07, 6.45) is 4.65. The lowest BCUT2D eigenvalue weighted by Gasteiger charge is -2.14. The number of amides is 1. The summed E-state index contributed by atoms with van der Waals surface area (Å²) in [6.45, 7) is 5.58. The van der Waals surface area contributed by atoms with Crippen molar-refractivity contribution in [3.63, 3.8) is 0 Å². The molecule has 1 aliphatic carbocycles. The molecule has 0 fully saturated rings. The van der Waals surface area contributed by atoms with E-state index in [9.17, 15) is 4.79 Å². The highest BCUT2D eigenvalue weighted by molar-refractivity contribution is 8.00. The molecule has 0 bridgehead atoms. The van der Waals surface area contributed by atoms with Crippen molar-refractivity contribution in [2.24, 2.45) is 0 Å². The number of anilines is 1. The maximum absolute atomic E-state index is 12.5. The number of aryl methyl sites for hydroxylation is 4. The van der Waals surface area contributed by atoms with Crippen molar-refractivity contribution >= 4 is 45.0 Å². The van der Waals surface area contributed by atoms with Gasteiger partial charge in [0.05, 0.1) is 5.25 Å². The highest BCUT2D eigenvalue weighted by Crippen LogP contribution is 2.40. The highest BCUT2D eigenvalue weighted by atomic mass is 32.2. The zero-order chi connectivity index (χ0) is 18.3. The molecule has 136 valence electrons. The lowest BCUT2D eigenvalue weighted by Crippen LogP contribution is -2.22. The van der Waals surface area contributed by atoms with Crippen LogP contribution in [-0.4, -0.2) is 26.3 Å². The fourth-order valence-electron chi connectivity index (χ4n) is 3.19. The fraction of sp³-hybridized carbons (Fsp3) is 0.444. The van der Waals surface area contributed by atoms with Gasteiger partial charge in [0, 0.05) is 16.3 Å². The highest BCUT2D eigenvalue weighted by Gasteiger charge is 2.24. The Kier molecular flexibility index (Phi) is 4.71. The molecule has 0 spiro atoms.